The van der Waals surface area contributed by atoms with Gasteiger partial charge in [-0.05, 0) is 75.1 Å². The van der Waals surface area contributed by atoms with Crippen LogP contribution in [0.3, 0.4) is 0 Å². The zero-order valence-electron chi connectivity index (χ0n) is 25.3. The zero-order valence-corrected chi connectivity index (χ0v) is 26.9. The molecule has 0 heterocycles. The van der Waals surface area contributed by atoms with Crippen molar-refractivity contribution in [3.8, 4) is 0 Å². The molecule has 0 aliphatic heterocycles. The summed E-state index contributed by atoms with van der Waals surface area (Å²) in [5.74, 6) is -1.18. The first kappa shape index (κ1) is 34.9. The second-order valence-electron chi connectivity index (χ2n) is 10.7. The minimum absolute atomic E-state index is 0.0230. The minimum Gasteiger partial charge on any atom is -0.352 e. The third-order valence-corrected chi connectivity index (χ3v) is 9.54. The van der Waals surface area contributed by atoms with Gasteiger partial charge in [-0.15, -0.1) is 0 Å². The summed E-state index contributed by atoms with van der Waals surface area (Å²) in [4.78, 5) is 28.6. The molecule has 0 radical (unpaired) electrons. The Balaban J connectivity index is 2.16. The third-order valence-electron chi connectivity index (χ3n) is 7.42. The van der Waals surface area contributed by atoms with E-state index in [0.29, 0.717) is 16.8 Å². The number of carbonyl (C=O) groups excluding carboxylic acids is 2. The summed E-state index contributed by atoms with van der Waals surface area (Å²) in [6.07, 6.45) is -4.02. The summed E-state index contributed by atoms with van der Waals surface area (Å²) in [5.41, 5.74) is 0.696. The Bertz CT molecular complexity index is 1580. The van der Waals surface area contributed by atoms with E-state index < -0.39 is 56.9 Å². The summed E-state index contributed by atoms with van der Waals surface area (Å²) in [6.45, 7) is 8.17. The largest absolute Gasteiger partial charge is 0.417 e. The number of nitrogens with one attached hydrogen (secondary N) is 1. The van der Waals surface area contributed by atoms with Crippen LogP contribution in [0, 0.1) is 13.8 Å². The molecule has 0 fully saturated rings. The Morgan fingerprint density at radius 3 is 2.16 bits per heavy atom. The molecular formula is C32H37ClF3N3O4S. The van der Waals surface area contributed by atoms with Crippen molar-refractivity contribution in [1.29, 1.82) is 0 Å². The van der Waals surface area contributed by atoms with E-state index in [0.717, 1.165) is 28.8 Å². The smallest absolute Gasteiger partial charge is 0.352 e. The van der Waals surface area contributed by atoms with E-state index in [1.54, 1.807) is 38.1 Å². The van der Waals surface area contributed by atoms with Crippen LogP contribution in [-0.4, -0.2) is 43.8 Å². The van der Waals surface area contributed by atoms with E-state index in [1.165, 1.54) is 17.0 Å². The minimum atomic E-state index is -4.88. The lowest BCUT2D eigenvalue weighted by molar-refractivity contribution is -0.140. The fourth-order valence-electron chi connectivity index (χ4n) is 4.58. The molecule has 0 saturated carbocycles. The van der Waals surface area contributed by atoms with Crippen molar-refractivity contribution < 1.29 is 31.2 Å². The molecule has 0 aliphatic rings. The highest BCUT2D eigenvalue weighted by molar-refractivity contribution is 7.92. The predicted octanol–water partition coefficient (Wildman–Crippen LogP) is 6.89. The molecule has 0 aliphatic carbocycles. The van der Waals surface area contributed by atoms with E-state index in [9.17, 15) is 31.2 Å². The van der Waals surface area contributed by atoms with Gasteiger partial charge in [0, 0.05) is 12.6 Å². The lowest BCUT2D eigenvalue weighted by Crippen LogP contribution is -2.53. The number of nitrogens with zero attached hydrogens (tertiary/aromatic N) is 2. The molecule has 0 aromatic heterocycles. The lowest BCUT2D eigenvalue weighted by atomic mass is 10.1. The van der Waals surface area contributed by atoms with Crippen molar-refractivity contribution in [3.63, 3.8) is 0 Å². The van der Waals surface area contributed by atoms with Crippen LogP contribution in [0.15, 0.2) is 71.6 Å². The maximum atomic E-state index is 14.2. The fraction of sp³-hybridized carbons (Fsp3) is 0.375. The summed E-state index contributed by atoms with van der Waals surface area (Å²) in [6, 6.07) is 14.5. The van der Waals surface area contributed by atoms with E-state index in [1.807, 2.05) is 32.9 Å². The number of alkyl halides is 3. The van der Waals surface area contributed by atoms with E-state index in [4.69, 9.17) is 11.6 Å². The van der Waals surface area contributed by atoms with Crippen LogP contribution in [0.4, 0.5) is 18.9 Å². The van der Waals surface area contributed by atoms with Crippen LogP contribution in [-0.2, 0) is 32.3 Å². The highest BCUT2D eigenvalue weighted by atomic mass is 35.5. The van der Waals surface area contributed by atoms with Crippen molar-refractivity contribution in [1.82, 2.24) is 10.2 Å². The maximum absolute atomic E-state index is 14.2. The molecule has 0 saturated heterocycles. The topological polar surface area (TPSA) is 86.8 Å². The van der Waals surface area contributed by atoms with Crippen molar-refractivity contribution in [2.45, 2.75) is 77.2 Å². The summed E-state index contributed by atoms with van der Waals surface area (Å²) in [7, 11) is -4.56. The molecule has 2 amide bonds. The van der Waals surface area contributed by atoms with E-state index in [-0.39, 0.29) is 23.9 Å². The van der Waals surface area contributed by atoms with Crippen molar-refractivity contribution >= 4 is 39.1 Å². The number of halogens is 4. The van der Waals surface area contributed by atoms with Gasteiger partial charge < -0.3 is 10.2 Å². The van der Waals surface area contributed by atoms with Crippen molar-refractivity contribution in [2.24, 2.45) is 0 Å². The molecule has 12 heteroatoms. The Morgan fingerprint density at radius 2 is 1.59 bits per heavy atom. The molecular weight excluding hydrogens is 615 g/mol. The number of anilines is 1. The zero-order chi connectivity index (χ0) is 32.8. The number of rotatable bonds is 12. The molecule has 3 aromatic carbocycles. The average Bonchev–Trinajstić information content (AvgIpc) is 2.96. The number of amides is 2. The molecule has 0 unspecified atom stereocenters. The van der Waals surface area contributed by atoms with Crippen LogP contribution in [0.1, 0.15) is 55.9 Å². The summed E-state index contributed by atoms with van der Waals surface area (Å²) < 4.78 is 70.1. The molecule has 2 atom stereocenters. The van der Waals surface area contributed by atoms with Gasteiger partial charge in [0.1, 0.15) is 12.6 Å². The molecule has 7 nitrogen and oxygen atoms in total. The average molecular weight is 652 g/mol. The molecule has 0 bridgehead atoms. The summed E-state index contributed by atoms with van der Waals surface area (Å²) >= 11 is 5.84. The van der Waals surface area contributed by atoms with Crippen LogP contribution in [0.5, 0.6) is 0 Å². The Kier molecular flexibility index (Phi) is 11.5. The van der Waals surface area contributed by atoms with Gasteiger partial charge >= 0.3 is 6.18 Å². The molecule has 0 spiro atoms. The first-order valence-electron chi connectivity index (χ1n) is 14.2. The second-order valence-corrected chi connectivity index (χ2v) is 12.9. The monoisotopic (exact) mass is 651 g/mol. The van der Waals surface area contributed by atoms with Gasteiger partial charge in [0.25, 0.3) is 10.0 Å². The summed E-state index contributed by atoms with van der Waals surface area (Å²) in [5, 5.41) is 2.27. The molecule has 44 heavy (non-hydrogen) atoms. The van der Waals surface area contributed by atoms with Crippen molar-refractivity contribution in [2.75, 3.05) is 10.8 Å². The normalized spacial score (nSPS) is 13.2. The fourth-order valence-corrected chi connectivity index (χ4v) is 6.21. The molecule has 238 valence electrons. The SMILES string of the molecule is CC[C@H](C)NC(=O)[C@H](CC)N(Cc1ccccc1C)C(=O)CN(c1ccc(Cl)c(C(F)(F)F)c1)S(=O)(=O)c1ccc(C)cc1. The predicted molar refractivity (Wildman–Crippen MR) is 166 cm³/mol. The Hall–Kier alpha value is -3.57. The number of sulfonamides is 1. The van der Waals surface area contributed by atoms with Crippen LogP contribution >= 0.6 is 11.6 Å². The first-order valence-corrected chi connectivity index (χ1v) is 16.0. The highest BCUT2D eigenvalue weighted by Crippen LogP contribution is 2.38. The quantitative estimate of drug-likeness (QED) is 0.231. The van der Waals surface area contributed by atoms with Crippen molar-refractivity contribution in [3.05, 3.63) is 94.0 Å². The van der Waals surface area contributed by atoms with Gasteiger partial charge in [0.2, 0.25) is 11.8 Å². The number of aryl methyl sites for hydroxylation is 2. The van der Waals surface area contributed by atoms with Gasteiger partial charge in [0.05, 0.1) is 21.2 Å². The standard InChI is InChI=1S/C32H37ClF3N3O4S/c1-6-23(5)37-31(41)29(7-2)38(19-24-11-9-8-10-22(24)4)30(40)20-39(44(42,43)26-15-12-21(3)13-16-26)25-14-17-28(33)27(18-25)32(34,35)36/h8-18,23,29H,6-7,19-20H2,1-5H3,(H,37,41)/t23-,29-/m0/s1. The van der Waals surface area contributed by atoms with Gasteiger partial charge in [-0.3, -0.25) is 13.9 Å². The molecule has 3 aromatic rings. The van der Waals surface area contributed by atoms with Gasteiger partial charge in [-0.2, -0.15) is 13.2 Å². The highest BCUT2D eigenvalue weighted by Gasteiger charge is 2.37. The lowest BCUT2D eigenvalue weighted by Gasteiger charge is -2.34. The third kappa shape index (κ3) is 8.32. The number of hydrogen-bond donors (Lipinski definition) is 1. The van der Waals surface area contributed by atoms with E-state index in [2.05, 4.69) is 5.32 Å². The molecule has 1 N–H and O–H groups in total. The van der Waals surface area contributed by atoms with Gasteiger partial charge in [-0.1, -0.05) is 67.4 Å². The van der Waals surface area contributed by atoms with Crippen LogP contribution in [0.25, 0.3) is 0 Å². The second kappa shape index (κ2) is 14.5. The van der Waals surface area contributed by atoms with Crippen LogP contribution < -0.4 is 9.62 Å². The molecule has 3 rings (SSSR count). The number of carbonyl (C=O) groups is 2. The Morgan fingerprint density at radius 1 is 0.955 bits per heavy atom. The van der Waals surface area contributed by atoms with Crippen LogP contribution in [0.2, 0.25) is 5.02 Å². The number of hydrogen-bond acceptors (Lipinski definition) is 4. The van der Waals surface area contributed by atoms with E-state index >= 15 is 0 Å². The van der Waals surface area contributed by atoms with Gasteiger partial charge in [-0.25, -0.2) is 8.42 Å². The first-order chi connectivity index (χ1) is 20.6. The van der Waals surface area contributed by atoms with Gasteiger partial charge in [0.15, 0.2) is 0 Å². The maximum Gasteiger partial charge on any atom is 0.417 e. The number of benzene rings is 3. The Labute approximate surface area is 262 Å².